The summed E-state index contributed by atoms with van der Waals surface area (Å²) in [7, 11) is 2.69. The average molecular weight is 555 g/mol. The molecule has 1 aliphatic rings. The minimum atomic E-state index is -1.13. The van der Waals surface area contributed by atoms with Crippen LogP contribution in [0.4, 0.5) is 9.59 Å². The van der Waals surface area contributed by atoms with E-state index in [-0.39, 0.29) is 26.1 Å². The highest BCUT2D eigenvalue weighted by Crippen LogP contribution is 2.41. The summed E-state index contributed by atoms with van der Waals surface area (Å²) in [6.07, 6.45) is -1.40. The van der Waals surface area contributed by atoms with Crippen molar-refractivity contribution < 1.29 is 38.5 Å². The van der Waals surface area contributed by atoms with E-state index in [1.165, 1.54) is 24.0 Å². The van der Waals surface area contributed by atoms with Crippen LogP contribution in [-0.2, 0) is 37.0 Å². The number of ether oxygens (including phenoxy) is 3. The number of aliphatic carboxylic acids is 1. The van der Waals surface area contributed by atoms with Gasteiger partial charge >= 0.3 is 24.1 Å². The van der Waals surface area contributed by atoms with Crippen LogP contribution in [0, 0.1) is 17.8 Å². The zero-order chi connectivity index (χ0) is 29.4. The molecule has 0 bridgehead atoms. The minimum Gasteiger partial charge on any atom is -0.481 e. The van der Waals surface area contributed by atoms with E-state index in [9.17, 15) is 24.3 Å². The smallest absolute Gasteiger partial charge is 0.410 e. The Labute approximate surface area is 234 Å². The van der Waals surface area contributed by atoms with Gasteiger partial charge in [0.15, 0.2) is 0 Å². The number of carboxylic acids is 1. The van der Waals surface area contributed by atoms with Crippen molar-refractivity contribution in [2.24, 2.45) is 17.8 Å². The molecule has 2 aromatic carbocycles. The fourth-order valence-corrected chi connectivity index (χ4v) is 5.12. The summed E-state index contributed by atoms with van der Waals surface area (Å²) in [5.41, 5.74) is 0.797. The van der Waals surface area contributed by atoms with Gasteiger partial charge in [-0.1, -0.05) is 60.7 Å². The van der Waals surface area contributed by atoms with Crippen molar-refractivity contribution in [3.63, 3.8) is 0 Å². The van der Waals surface area contributed by atoms with Crippen molar-refractivity contribution in [2.45, 2.75) is 52.0 Å². The van der Waals surface area contributed by atoms with Gasteiger partial charge in [-0.15, -0.1) is 0 Å². The number of esters is 1. The Morgan fingerprint density at radius 1 is 0.900 bits per heavy atom. The van der Waals surface area contributed by atoms with Gasteiger partial charge in [0.2, 0.25) is 0 Å². The molecule has 3 rings (SSSR count). The number of hydrogen-bond donors (Lipinski definition) is 1. The van der Waals surface area contributed by atoms with Gasteiger partial charge in [0.1, 0.15) is 12.2 Å². The molecule has 4 atom stereocenters. The molecule has 10 heteroatoms. The lowest BCUT2D eigenvalue weighted by molar-refractivity contribution is -0.147. The second kappa shape index (κ2) is 13.3. The number of nitrogens with zero attached hydrogens (tertiary/aromatic N) is 2. The Hall–Kier alpha value is -4.08. The quantitative estimate of drug-likeness (QED) is 0.353. The van der Waals surface area contributed by atoms with Crippen molar-refractivity contribution in [1.82, 2.24) is 9.80 Å². The van der Waals surface area contributed by atoms with Crippen LogP contribution >= 0.6 is 0 Å². The third-order valence-corrected chi connectivity index (χ3v) is 6.94. The lowest BCUT2D eigenvalue weighted by Gasteiger charge is -2.36. The van der Waals surface area contributed by atoms with E-state index in [4.69, 9.17) is 14.2 Å². The number of methoxy groups -OCH3 is 1. The molecule has 0 aliphatic heterocycles. The van der Waals surface area contributed by atoms with Gasteiger partial charge in [0.25, 0.3) is 0 Å². The Morgan fingerprint density at radius 2 is 1.48 bits per heavy atom. The first-order chi connectivity index (χ1) is 18.9. The molecule has 2 amide bonds. The molecule has 0 saturated heterocycles. The van der Waals surface area contributed by atoms with Crippen LogP contribution in [0.5, 0.6) is 0 Å². The van der Waals surface area contributed by atoms with Gasteiger partial charge < -0.3 is 29.1 Å². The molecule has 216 valence electrons. The molecule has 0 aromatic heterocycles. The van der Waals surface area contributed by atoms with Crippen molar-refractivity contribution in [3.05, 3.63) is 71.8 Å². The summed E-state index contributed by atoms with van der Waals surface area (Å²) in [6.45, 7) is 5.24. The van der Waals surface area contributed by atoms with Crippen molar-refractivity contribution in [2.75, 3.05) is 20.7 Å². The molecule has 0 spiro atoms. The molecule has 1 fully saturated rings. The van der Waals surface area contributed by atoms with Gasteiger partial charge in [-0.2, -0.15) is 0 Å². The number of carboxylic acid groups (broad SMARTS) is 1. The maximum Gasteiger partial charge on any atom is 0.410 e. The fraction of sp³-hybridized carbons (Fsp3) is 0.467. The van der Waals surface area contributed by atoms with Gasteiger partial charge in [0, 0.05) is 26.1 Å². The molecule has 1 aliphatic carbocycles. The summed E-state index contributed by atoms with van der Waals surface area (Å²) in [5, 5.41) is 10.2. The number of rotatable bonds is 9. The number of carbonyl (C=O) groups is 4. The monoisotopic (exact) mass is 554 g/mol. The summed E-state index contributed by atoms with van der Waals surface area (Å²) < 4.78 is 16.1. The van der Waals surface area contributed by atoms with E-state index in [2.05, 4.69) is 0 Å². The van der Waals surface area contributed by atoms with Crippen molar-refractivity contribution in [1.29, 1.82) is 0 Å². The fourth-order valence-electron chi connectivity index (χ4n) is 5.12. The molecule has 40 heavy (non-hydrogen) atoms. The Bertz CT molecular complexity index is 1170. The van der Waals surface area contributed by atoms with Crippen LogP contribution in [0.1, 0.15) is 38.3 Å². The summed E-state index contributed by atoms with van der Waals surface area (Å²) in [5.74, 6) is -4.52. The molecule has 0 unspecified atom stereocenters. The molecule has 0 radical (unpaired) electrons. The topological polar surface area (TPSA) is 123 Å². The normalized spacial score (nSPS) is 20.3. The van der Waals surface area contributed by atoms with E-state index in [0.717, 1.165) is 11.1 Å². The predicted octanol–water partition coefficient (Wildman–Crippen LogP) is 4.57. The molecule has 1 N–H and O–H groups in total. The number of amides is 2. The number of hydrogen-bond acceptors (Lipinski definition) is 7. The Kier molecular flexibility index (Phi) is 10.1. The molecular weight excluding hydrogens is 516 g/mol. The minimum absolute atomic E-state index is 0.0318. The SMILES string of the molecule is COC(=O)[C@H]1C[C@@H](C(=O)O)[C@H](CN(Cc2ccccc2)C(=O)OCc2ccccc2)[C@@H]1N(C)C(=O)OC(C)(C)C. The summed E-state index contributed by atoms with van der Waals surface area (Å²) in [4.78, 5) is 54.4. The van der Waals surface area contributed by atoms with E-state index >= 15 is 0 Å². The van der Waals surface area contributed by atoms with Crippen LogP contribution in [0.2, 0.25) is 0 Å². The van der Waals surface area contributed by atoms with Gasteiger partial charge in [-0.05, 0) is 38.3 Å². The van der Waals surface area contributed by atoms with E-state index in [0.29, 0.717) is 0 Å². The van der Waals surface area contributed by atoms with Crippen molar-refractivity contribution in [3.8, 4) is 0 Å². The first-order valence-electron chi connectivity index (χ1n) is 13.2. The van der Waals surface area contributed by atoms with Gasteiger partial charge in [-0.3, -0.25) is 9.59 Å². The van der Waals surface area contributed by atoms with E-state index in [1.54, 1.807) is 20.8 Å². The third-order valence-electron chi connectivity index (χ3n) is 6.94. The molecule has 0 heterocycles. The number of benzene rings is 2. The predicted molar refractivity (Wildman–Crippen MR) is 146 cm³/mol. The van der Waals surface area contributed by atoms with Crippen molar-refractivity contribution >= 4 is 24.1 Å². The highest BCUT2D eigenvalue weighted by atomic mass is 16.6. The maximum atomic E-state index is 13.4. The average Bonchev–Trinajstić information content (AvgIpc) is 3.30. The Balaban J connectivity index is 1.95. The number of carbonyl (C=O) groups excluding carboxylic acids is 3. The molecule has 2 aromatic rings. The standard InChI is InChI=1S/C30H38N2O8/c1-30(2,3)40-28(36)31(4)25-23(27(35)38-5)16-22(26(33)34)24(25)18-32(17-20-12-8-6-9-13-20)29(37)39-19-21-14-10-7-11-15-21/h6-15,22-25H,16-19H2,1-5H3,(H,33,34)/t22-,23+,24+,25-/m1/s1. The largest absolute Gasteiger partial charge is 0.481 e. The van der Waals surface area contributed by atoms with Crippen LogP contribution in [0.25, 0.3) is 0 Å². The van der Waals surface area contributed by atoms with Crippen LogP contribution < -0.4 is 0 Å². The lowest BCUT2D eigenvalue weighted by Crippen LogP contribution is -2.51. The van der Waals surface area contributed by atoms with Crippen LogP contribution in [0.3, 0.4) is 0 Å². The first-order valence-corrected chi connectivity index (χ1v) is 13.2. The zero-order valence-corrected chi connectivity index (χ0v) is 23.6. The van der Waals surface area contributed by atoms with Gasteiger partial charge in [0.05, 0.1) is 25.0 Å². The second-order valence-corrected chi connectivity index (χ2v) is 11.0. The lowest BCUT2D eigenvalue weighted by atomic mass is 9.91. The van der Waals surface area contributed by atoms with E-state index in [1.807, 2.05) is 60.7 Å². The molecule has 10 nitrogen and oxygen atoms in total. The first kappa shape index (κ1) is 30.5. The van der Waals surface area contributed by atoms with Gasteiger partial charge in [-0.25, -0.2) is 9.59 Å². The van der Waals surface area contributed by atoms with Crippen LogP contribution in [-0.4, -0.2) is 71.4 Å². The van der Waals surface area contributed by atoms with Crippen LogP contribution in [0.15, 0.2) is 60.7 Å². The third kappa shape index (κ3) is 7.97. The maximum absolute atomic E-state index is 13.4. The highest BCUT2D eigenvalue weighted by molar-refractivity contribution is 5.79. The zero-order valence-electron chi connectivity index (χ0n) is 23.6. The summed E-state index contributed by atoms with van der Waals surface area (Å²) in [6, 6.07) is 17.5. The highest BCUT2D eigenvalue weighted by Gasteiger charge is 2.53. The molecular formula is C30H38N2O8. The Morgan fingerprint density at radius 3 is 2.00 bits per heavy atom. The summed E-state index contributed by atoms with van der Waals surface area (Å²) >= 11 is 0. The molecule has 1 saturated carbocycles. The second-order valence-electron chi connectivity index (χ2n) is 11.0. The van der Waals surface area contributed by atoms with E-state index < -0.39 is 53.5 Å².